The van der Waals surface area contributed by atoms with Crippen molar-refractivity contribution in [2.24, 2.45) is 11.8 Å². The second kappa shape index (κ2) is 7.17. The maximum Gasteiger partial charge on any atom is 0.0931 e. The minimum absolute atomic E-state index is 0.0794. The average molecular weight is 202 g/mol. The molecule has 0 aliphatic heterocycles. The molecule has 14 heavy (non-hydrogen) atoms. The third-order valence-corrected chi connectivity index (χ3v) is 2.98. The van der Waals surface area contributed by atoms with Crippen LogP contribution in [0.4, 0.5) is 0 Å². The molecule has 1 rings (SSSR count). The summed E-state index contributed by atoms with van der Waals surface area (Å²) in [6.45, 7) is 2.00. The quantitative estimate of drug-likeness (QED) is 0.453. The van der Waals surface area contributed by atoms with E-state index in [1.165, 1.54) is 25.7 Å². The van der Waals surface area contributed by atoms with Gasteiger partial charge < -0.3 is 10.2 Å². The van der Waals surface area contributed by atoms with Gasteiger partial charge in [0.1, 0.15) is 0 Å². The van der Waals surface area contributed by atoms with Crippen LogP contribution in [0, 0.1) is 11.8 Å². The van der Waals surface area contributed by atoms with Crippen LogP contribution in [-0.4, -0.2) is 36.8 Å². The van der Waals surface area contributed by atoms with Gasteiger partial charge in [0, 0.05) is 13.1 Å². The monoisotopic (exact) mass is 202 g/mol. The van der Waals surface area contributed by atoms with E-state index in [2.05, 4.69) is 10.6 Å². The first kappa shape index (κ1) is 11.9. The molecule has 4 heteroatoms. The molecule has 0 aromatic carbocycles. The van der Waals surface area contributed by atoms with E-state index < -0.39 is 0 Å². The Morgan fingerprint density at radius 3 is 1.86 bits per heavy atom. The van der Waals surface area contributed by atoms with Gasteiger partial charge in [0.2, 0.25) is 0 Å². The highest BCUT2D eigenvalue weighted by atomic mass is 16.3. The average Bonchev–Trinajstić information content (AvgIpc) is 2.24. The van der Waals surface area contributed by atoms with Crippen molar-refractivity contribution in [1.82, 2.24) is 10.6 Å². The zero-order valence-electron chi connectivity index (χ0n) is 8.71. The molecule has 2 atom stereocenters. The van der Waals surface area contributed by atoms with Crippen molar-refractivity contribution in [3.05, 3.63) is 0 Å². The number of aliphatic hydroxyl groups excluding tert-OH is 2. The summed E-state index contributed by atoms with van der Waals surface area (Å²) >= 11 is 0. The Kier molecular flexibility index (Phi) is 6.10. The molecule has 0 aromatic heterocycles. The Bertz CT molecular complexity index is 130. The Morgan fingerprint density at radius 1 is 0.929 bits per heavy atom. The van der Waals surface area contributed by atoms with Crippen LogP contribution in [0.5, 0.6) is 0 Å². The molecule has 0 amide bonds. The maximum atomic E-state index is 8.65. The van der Waals surface area contributed by atoms with Crippen LogP contribution in [0.15, 0.2) is 0 Å². The second-order valence-corrected chi connectivity index (χ2v) is 4.12. The largest absolute Gasteiger partial charge is 0.381 e. The van der Waals surface area contributed by atoms with E-state index in [1.54, 1.807) is 0 Å². The molecule has 2 unspecified atom stereocenters. The lowest BCUT2D eigenvalue weighted by Gasteiger charge is -2.29. The summed E-state index contributed by atoms with van der Waals surface area (Å²) in [6, 6.07) is 0. The van der Waals surface area contributed by atoms with Crippen molar-refractivity contribution >= 4 is 0 Å². The van der Waals surface area contributed by atoms with Crippen molar-refractivity contribution in [3.8, 4) is 0 Å². The minimum atomic E-state index is 0.0794. The standard InChI is InChI=1S/C10H22N2O2/c13-7-11-5-9-2-1-3-10(4-9)6-12-8-14/h9-14H,1-8H2. The van der Waals surface area contributed by atoms with E-state index >= 15 is 0 Å². The fourth-order valence-corrected chi connectivity index (χ4v) is 2.31. The Hall–Kier alpha value is -0.160. The lowest BCUT2D eigenvalue weighted by molar-refractivity contribution is 0.198. The molecular formula is C10H22N2O2. The van der Waals surface area contributed by atoms with E-state index in [4.69, 9.17) is 10.2 Å². The van der Waals surface area contributed by atoms with Gasteiger partial charge in [-0.05, 0) is 31.1 Å². The summed E-state index contributed by atoms with van der Waals surface area (Å²) in [5.74, 6) is 1.39. The summed E-state index contributed by atoms with van der Waals surface area (Å²) in [4.78, 5) is 0. The Morgan fingerprint density at radius 2 is 1.43 bits per heavy atom. The fraction of sp³-hybridized carbons (Fsp3) is 1.00. The molecule has 0 saturated heterocycles. The lowest BCUT2D eigenvalue weighted by atomic mass is 9.81. The molecule has 4 nitrogen and oxygen atoms in total. The van der Waals surface area contributed by atoms with Crippen LogP contribution in [0.1, 0.15) is 25.7 Å². The molecule has 1 aliphatic rings. The third-order valence-electron chi connectivity index (χ3n) is 2.98. The van der Waals surface area contributed by atoms with Crippen LogP contribution in [0.3, 0.4) is 0 Å². The van der Waals surface area contributed by atoms with Crippen molar-refractivity contribution < 1.29 is 10.2 Å². The first-order chi connectivity index (χ1) is 6.86. The van der Waals surface area contributed by atoms with Crippen LogP contribution >= 0.6 is 0 Å². The van der Waals surface area contributed by atoms with Gasteiger partial charge >= 0.3 is 0 Å². The van der Waals surface area contributed by atoms with Crippen LogP contribution in [0.2, 0.25) is 0 Å². The first-order valence-electron chi connectivity index (χ1n) is 5.50. The fourth-order valence-electron chi connectivity index (χ4n) is 2.31. The molecular weight excluding hydrogens is 180 g/mol. The minimum Gasteiger partial charge on any atom is -0.381 e. The van der Waals surface area contributed by atoms with Gasteiger partial charge in [-0.3, -0.25) is 10.6 Å². The van der Waals surface area contributed by atoms with Gasteiger partial charge in [-0.15, -0.1) is 0 Å². The SMILES string of the molecule is OCNCC1CCCC(CNCO)C1. The van der Waals surface area contributed by atoms with Gasteiger partial charge in [-0.25, -0.2) is 0 Å². The number of nitrogens with one attached hydrogen (secondary N) is 2. The highest BCUT2D eigenvalue weighted by molar-refractivity contribution is 4.75. The van der Waals surface area contributed by atoms with Gasteiger partial charge in [-0.2, -0.15) is 0 Å². The molecule has 1 aliphatic carbocycles. The highest BCUT2D eigenvalue weighted by Crippen LogP contribution is 2.27. The van der Waals surface area contributed by atoms with E-state index in [1.807, 2.05) is 0 Å². The smallest absolute Gasteiger partial charge is 0.0931 e. The Balaban J connectivity index is 2.14. The summed E-state index contributed by atoms with van der Waals surface area (Å²) in [5, 5.41) is 23.3. The lowest BCUT2D eigenvalue weighted by Crippen LogP contribution is -2.32. The zero-order chi connectivity index (χ0) is 10.2. The molecule has 0 heterocycles. The number of hydrogen-bond donors (Lipinski definition) is 4. The number of aliphatic hydroxyl groups is 2. The second-order valence-electron chi connectivity index (χ2n) is 4.12. The summed E-state index contributed by atoms with van der Waals surface area (Å²) in [7, 11) is 0. The molecule has 84 valence electrons. The van der Waals surface area contributed by atoms with Crippen LogP contribution in [-0.2, 0) is 0 Å². The van der Waals surface area contributed by atoms with Crippen molar-refractivity contribution in [1.29, 1.82) is 0 Å². The maximum absolute atomic E-state index is 8.65. The predicted octanol–water partition coefficient (Wildman–Crippen LogP) is -0.128. The van der Waals surface area contributed by atoms with E-state index in [9.17, 15) is 0 Å². The van der Waals surface area contributed by atoms with Gasteiger partial charge in [0.25, 0.3) is 0 Å². The molecule has 4 N–H and O–H groups in total. The summed E-state index contributed by atoms with van der Waals surface area (Å²) < 4.78 is 0. The van der Waals surface area contributed by atoms with E-state index in [-0.39, 0.29) is 13.5 Å². The van der Waals surface area contributed by atoms with Crippen molar-refractivity contribution in [3.63, 3.8) is 0 Å². The van der Waals surface area contributed by atoms with Crippen molar-refractivity contribution in [2.75, 3.05) is 26.6 Å². The summed E-state index contributed by atoms with van der Waals surface area (Å²) in [5.41, 5.74) is 0. The number of hydrogen-bond acceptors (Lipinski definition) is 4. The number of rotatable bonds is 6. The zero-order valence-corrected chi connectivity index (χ0v) is 8.71. The Labute approximate surface area is 85.7 Å². The summed E-state index contributed by atoms with van der Waals surface area (Å²) in [6.07, 6.45) is 5.01. The van der Waals surface area contributed by atoms with Gasteiger partial charge in [0.05, 0.1) is 13.5 Å². The van der Waals surface area contributed by atoms with E-state index in [0.717, 1.165) is 13.1 Å². The normalized spacial score (nSPS) is 27.9. The molecule has 0 spiro atoms. The van der Waals surface area contributed by atoms with E-state index in [0.29, 0.717) is 11.8 Å². The van der Waals surface area contributed by atoms with Crippen LogP contribution < -0.4 is 10.6 Å². The molecule has 0 aromatic rings. The topological polar surface area (TPSA) is 64.5 Å². The first-order valence-corrected chi connectivity index (χ1v) is 5.50. The van der Waals surface area contributed by atoms with Crippen LogP contribution in [0.25, 0.3) is 0 Å². The highest BCUT2D eigenvalue weighted by Gasteiger charge is 2.20. The van der Waals surface area contributed by atoms with Gasteiger partial charge in [0.15, 0.2) is 0 Å². The predicted molar refractivity (Wildman–Crippen MR) is 55.6 cm³/mol. The van der Waals surface area contributed by atoms with Gasteiger partial charge in [-0.1, -0.05) is 6.42 Å². The molecule has 0 bridgehead atoms. The molecule has 0 radical (unpaired) electrons. The molecule has 1 fully saturated rings. The third kappa shape index (κ3) is 4.37. The molecule has 1 saturated carbocycles. The van der Waals surface area contributed by atoms with Crippen molar-refractivity contribution in [2.45, 2.75) is 25.7 Å².